The zero-order chi connectivity index (χ0) is 14.7. The lowest BCUT2D eigenvalue weighted by atomic mass is 10.1. The molecule has 0 fully saturated rings. The zero-order valence-electron chi connectivity index (χ0n) is 10.9. The lowest BCUT2D eigenvalue weighted by molar-refractivity contribution is 0.469. The summed E-state index contributed by atoms with van der Waals surface area (Å²) in [5.41, 5.74) is 6.86. The minimum absolute atomic E-state index is 0.0308. The Morgan fingerprint density at radius 3 is 2.50 bits per heavy atom. The van der Waals surface area contributed by atoms with Crippen LogP contribution in [0.25, 0.3) is 0 Å². The Bertz CT molecular complexity index is 617. The maximum Gasteiger partial charge on any atom is 0.141 e. The van der Waals surface area contributed by atoms with E-state index in [0.29, 0.717) is 16.6 Å². The van der Waals surface area contributed by atoms with Crippen LogP contribution in [0.4, 0.5) is 4.39 Å². The van der Waals surface area contributed by atoms with E-state index in [2.05, 4.69) is 31.9 Å². The van der Waals surface area contributed by atoms with Crippen LogP contribution in [-0.4, -0.2) is 6.04 Å². The molecule has 2 N–H and O–H groups in total. The highest BCUT2D eigenvalue weighted by atomic mass is 79.9. The summed E-state index contributed by atoms with van der Waals surface area (Å²) in [5.74, 6) is 0.980. The molecule has 0 aliphatic heterocycles. The topological polar surface area (TPSA) is 35.2 Å². The molecule has 1 unspecified atom stereocenters. The Kier molecular flexibility index (Phi) is 5.18. The fraction of sp³-hybridized carbons (Fsp3) is 0.200. The molecule has 106 valence electrons. The molecule has 0 radical (unpaired) electrons. The summed E-state index contributed by atoms with van der Waals surface area (Å²) >= 11 is 6.74. The summed E-state index contributed by atoms with van der Waals surface area (Å²) in [6, 6.07) is 10.1. The molecular weight excluding hydrogens is 389 g/mol. The van der Waals surface area contributed by atoms with Gasteiger partial charge >= 0.3 is 0 Å². The van der Waals surface area contributed by atoms with Crippen LogP contribution in [0.1, 0.15) is 12.5 Å². The second kappa shape index (κ2) is 6.70. The van der Waals surface area contributed by atoms with Crippen molar-refractivity contribution in [2.45, 2.75) is 19.4 Å². The molecule has 20 heavy (non-hydrogen) atoms. The van der Waals surface area contributed by atoms with Crippen molar-refractivity contribution < 1.29 is 9.13 Å². The normalized spacial score (nSPS) is 12.2. The lowest BCUT2D eigenvalue weighted by Gasteiger charge is -2.14. The van der Waals surface area contributed by atoms with E-state index in [1.54, 1.807) is 6.07 Å². The molecule has 1 atom stereocenters. The van der Waals surface area contributed by atoms with Gasteiger partial charge in [0.2, 0.25) is 0 Å². The van der Waals surface area contributed by atoms with Crippen molar-refractivity contribution in [2.75, 3.05) is 0 Å². The summed E-state index contributed by atoms with van der Waals surface area (Å²) in [6.45, 7) is 1.94. The second-order valence-electron chi connectivity index (χ2n) is 4.61. The predicted octanol–water partition coefficient (Wildman–Crippen LogP) is 5.03. The molecule has 2 rings (SSSR count). The van der Waals surface area contributed by atoms with Crippen LogP contribution in [0.2, 0.25) is 0 Å². The van der Waals surface area contributed by atoms with Crippen LogP contribution in [0.15, 0.2) is 45.3 Å². The molecule has 0 bridgehead atoms. The molecule has 0 aromatic heterocycles. The maximum atomic E-state index is 13.1. The SMILES string of the molecule is CC(N)Cc1cc(Br)ccc1Oc1ccc(F)cc1Br. The molecule has 0 aliphatic rings. The number of benzene rings is 2. The average Bonchev–Trinajstić information content (AvgIpc) is 2.34. The Balaban J connectivity index is 2.32. The zero-order valence-corrected chi connectivity index (χ0v) is 14.0. The predicted molar refractivity (Wildman–Crippen MR) is 85.7 cm³/mol. The number of hydrogen-bond donors (Lipinski definition) is 1. The lowest BCUT2D eigenvalue weighted by Crippen LogP contribution is -2.18. The van der Waals surface area contributed by atoms with Crippen molar-refractivity contribution in [3.8, 4) is 11.5 Å². The monoisotopic (exact) mass is 401 g/mol. The van der Waals surface area contributed by atoms with Gasteiger partial charge in [-0.15, -0.1) is 0 Å². The molecule has 0 aliphatic carbocycles. The molecule has 0 amide bonds. The Hall–Kier alpha value is -0.910. The van der Waals surface area contributed by atoms with Crippen LogP contribution in [0.3, 0.4) is 0 Å². The van der Waals surface area contributed by atoms with Gasteiger partial charge in [0.15, 0.2) is 0 Å². The van der Waals surface area contributed by atoms with Gasteiger partial charge in [-0.1, -0.05) is 15.9 Å². The van der Waals surface area contributed by atoms with Crippen LogP contribution in [0, 0.1) is 5.82 Å². The van der Waals surface area contributed by atoms with Gasteiger partial charge in [0.25, 0.3) is 0 Å². The smallest absolute Gasteiger partial charge is 0.141 e. The van der Waals surface area contributed by atoms with E-state index < -0.39 is 0 Å². The molecule has 2 aromatic rings. The standard InChI is InChI=1S/C15H14Br2FNO/c1-9(19)6-10-7-11(16)2-4-14(10)20-15-5-3-12(18)8-13(15)17/h2-5,7-9H,6,19H2,1H3. The van der Waals surface area contributed by atoms with Crippen molar-refractivity contribution in [1.29, 1.82) is 0 Å². The van der Waals surface area contributed by atoms with E-state index in [1.807, 2.05) is 25.1 Å². The van der Waals surface area contributed by atoms with Crippen LogP contribution in [0.5, 0.6) is 11.5 Å². The molecule has 2 nitrogen and oxygen atoms in total. The molecule has 2 aromatic carbocycles. The number of halogens is 3. The number of hydrogen-bond acceptors (Lipinski definition) is 2. The van der Waals surface area contributed by atoms with Crippen molar-refractivity contribution in [2.24, 2.45) is 5.73 Å². The molecule has 0 saturated heterocycles. The quantitative estimate of drug-likeness (QED) is 0.777. The van der Waals surface area contributed by atoms with E-state index in [1.165, 1.54) is 12.1 Å². The summed E-state index contributed by atoms with van der Waals surface area (Å²) in [5, 5.41) is 0. The van der Waals surface area contributed by atoms with Gasteiger partial charge in [0.05, 0.1) is 4.47 Å². The Morgan fingerprint density at radius 2 is 1.85 bits per heavy atom. The van der Waals surface area contributed by atoms with Crippen molar-refractivity contribution >= 4 is 31.9 Å². The van der Waals surface area contributed by atoms with Crippen molar-refractivity contribution in [3.05, 3.63) is 56.7 Å². The van der Waals surface area contributed by atoms with Gasteiger partial charge in [0.1, 0.15) is 17.3 Å². The largest absolute Gasteiger partial charge is 0.456 e. The molecule has 5 heteroatoms. The average molecular weight is 403 g/mol. The van der Waals surface area contributed by atoms with Crippen molar-refractivity contribution in [3.63, 3.8) is 0 Å². The highest BCUT2D eigenvalue weighted by Gasteiger charge is 2.10. The van der Waals surface area contributed by atoms with Crippen LogP contribution >= 0.6 is 31.9 Å². The van der Waals surface area contributed by atoms with Gasteiger partial charge in [-0.2, -0.15) is 0 Å². The fourth-order valence-corrected chi connectivity index (χ4v) is 2.67. The number of nitrogens with two attached hydrogens (primary N) is 1. The first-order chi connectivity index (χ1) is 9.45. The first kappa shape index (κ1) is 15.5. The number of ether oxygens (including phenoxy) is 1. The molecule has 0 spiro atoms. The number of rotatable bonds is 4. The third-order valence-electron chi connectivity index (χ3n) is 2.68. The van der Waals surface area contributed by atoms with E-state index in [-0.39, 0.29) is 11.9 Å². The van der Waals surface area contributed by atoms with Crippen molar-refractivity contribution in [1.82, 2.24) is 0 Å². The first-order valence-electron chi connectivity index (χ1n) is 6.12. The van der Waals surface area contributed by atoms with Crippen LogP contribution in [-0.2, 0) is 6.42 Å². The Morgan fingerprint density at radius 1 is 1.15 bits per heavy atom. The summed E-state index contributed by atoms with van der Waals surface area (Å²) in [4.78, 5) is 0. The third kappa shape index (κ3) is 4.04. The summed E-state index contributed by atoms with van der Waals surface area (Å²) in [6.07, 6.45) is 0.702. The molecule has 0 heterocycles. The maximum absolute atomic E-state index is 13.1. The minimum Gasteiger partial charge on any atom is -0.456 e. The van der Waals surface area contributed by atoms with E-state index in [0.717, 1.165) is 15.8 Å². The highest BCUT2D eigenvalue weighted by molar-refractivity contribution is 9.10. The highest BCUT2D eigenvalue weighted by Crippen LogP contribution is 2.33. The second-order valence-corrected chi connectivity index (χ2v) is 6.38. The van der Waals surface area contributed by atoms with Crippen LogP contribution < -0.4 is 10.5 Å². The Labute approximate surface area is 134 Å². The van der Waals surface area contributed by atoms with E-state index in [4.69, 9.17) is 10.5 Å². The minimum atomic E-state index is -0.309. The van der Waals surface area contributed by atoms with Gasteiger partial charge < -0.3 is 10.5 Å². The van der Waals surface area contributed by atoms with Gasteiger partial charge in [-0.05, 0) is 71.2 Å². The third-order valence-corrected chi connectivity index (χ3v) is 3.79. The molecular formula is C15H14Br2FNO. The van der Waals surface area contributed by atoms with Gasteiger partial charge in [-0.25, -0.2) is 4.39 Å². The molecule has 0 saturated carbocycles. The van der Waals surface area contributed by atoms with E-state index in [9.17, 15) is 4.39 Å². The fourth-order valence-electron chi connectivity index (χ4n) is 1.83. The van der Waals surface area contributed by atoms with Gasteiger partial charge in [0, 0.05) is 10.5 Å². The summed E-state index contributed by atoms with van der Waals surface area (Å²) in [7, 11) is 0. The first-order valence-corrected chi connectivity index (χ1v) is 7.71. The summed E-state index contributed by atoms with van der Waals surface area (Å²) < 4.78 is 20.5. The van der Waals surface area contributed by atoms with E-state index >= 15 is 0 Å². The van der Waals surface area contributed by atoms with Gasteiger partial charge in [-0.3, -0.25) is 0 Å².